The van der Waals surface area contributed by atoms with Gasteiger partial charge in [0.15, 0.2) is 5.78 Å². The second kappa shape index (κ2) is 6.99. The first kappa shape index (κ1) is 15.2. The van der Waals surface area contributed by atoms with Crippen LogP contribution in [0.5, 0.6) is 5.75 Å². The van der Waals surface area contributed by atoms with E-state index < -0.39 is 4.92 Å². The van der Waals surface area contributed by atoms with E-state index in [1.807, 2.05) is 6.07 Å². The molecule has 6 heteroatoms. The number of nitro groups is 1. The van der Waals surface area contributed by atoms with Gasteiger partial charge in [0.1, 0.15) is 0 Å². The number of para-hydroxylation sites is 1. The van der Waals surface area contributed by atoms with Crippen LogP contribution in [0.15, 0.2) is 53.0 Å². The molecular formula is C15H12BrNO4. The molecule has 0 fully saturated rings. The number of halogens is 1. The highest BCUT2D eigenvalue weighted by atomic mass is 79.9. The molecule has 0 amide bonds. The predicted octanol–water partition coefficient (Wildman–Crippen LogP) is 4.01. The molecule has 0 aliphatic carbocycles. The smallest absolute Gasteiger partial charge is 0.312 e. The lowest BCUT2D eigenvalue weighted by molar-refractivity contribution is -0.385. The van der Waals surface area contributed by atoms with Crippen molar-refractivity contribution in [2.24, 2.45) is 0 Å². The van der Waals surface area contributed by atoms with E-state index in [1.54, 1.807) is 36.4 Å². The Balaban J connectivity index is 2.01. The lowest BCUT2D eigenvalue weighted by Gasteiger charge is -2.08. The molecule has 0 saturated carbocycles. The molecule has 21 heavy (non-hydrogen) atoms. The number of hydrogen-bond acceptors (Lipinski definition) is 4. The van der Waals surface area contributed by atoms with Gasteiger partial charge in [-0.25, -0.2) is 0 Å². The lowest BCUT2D eigenvalue weighted by Crippen LogP contribution is -2.08. The topological polar surface area (TPSA) is 69.4 Å². The van der Waals surface area contributed by atoms with Crippen molar-refractivity contribution in [2.45, 2.75) is 6.42 Å². The Morgan fingerprint density at radius 1 is 1.14 bits per heavy atom. The molecule has 0 aliphatic heterocycles. The van der Waals surface area contributed by atoms with E-state index in [2.05, 4.69) is 15.9 Å². The third-order valence-corrected chi connectivity index (χ3v) is 3.44. The third-order valence-electron chi connectivity index (χ3n) is 2.81. The molecule has 0 unspecified atom stereocenters. The molecule has 0 saturated heterocycles. The Labute approximate surface area is 129 Å². The summed E-state index contributed by atoms with van der Waals surface area (Å²) in [4.78, 5) is 22.3. The van der Waals surface area contributed by atoms with Gasteiger partial charge in [-0.3, -0.25) is 14.9 Å². The van der Waals surface area contributed by atoms with Crippen LogP contribution in [0.25, 0.3) is 0 Å². The summed E-state index contributed by atoms with van der Waals surface area (Å²) in [5, 5.41) is 10.9. The van der Waals surface area contributed by atoms with Crippen molar-refractivity contribution in [3.8, 4) is 5.75 Å². The van der Waals surface area contributed by atoms with Crippen molar-refractivity contribution in [1.29, 1.82) is 0 Å². The van der Waals surface area contributed by atoms with Gasteiger partial charge in [-0.1, -0.05) is 36.4 Å². The van der Waals surface area contributed by atoms with Gasteiger partial charge in [0.25, 0.3) is 0 Å². The highest BCUT2D eigenvalue weighted by Gasteiger charge is 2.18. The minimum atomic E-state index is -0.515. The zero-order valence-corrected chi connectivity index (χ0v) is 12.6. The minimum Gasteiger partial charge on any atom is -0.486 e. The summed E-state index contributed by atoms with van der Waals surface area (Å²) in [5.74, 6) is 0.0775. The molecule has 108 valence electrons. The van der Waals surface area contributed by atoms with Crippen LogP contribution in [0.2, 0.25) is 0 Å². The number of carbonyl (C=O) groups excluding carboxylic acids is 1. The quantitative estimate of drug-likeness (QED) is 0.448. The average Bonchev–Trinajstić information content (AvgIpc) is 2.49. The summed E-state index contributed by atoms with van der Waals surface area (Å²) in [7, 11) is 0. The first-order chi connectivity index (χ1) is 10.1. The van der Waals surface area contributed by atoms with Gasteiger partial charge >= 0.3 is 5.69 Å². The summed E-state index contributed by atoms with van der Waals surface area (Å²) < 4.78 is 5.90. The molecule has 0 heterocycles. The van der Waals surface area contributed by atoms with Crippen molar-refractivity contribution < 1.29 is 14.5 Å². The number of hydrogen-bond donors (Lipinski definition) is 0. The fourth-order valence-corrected chi connectivity index (χ4v) is 2.27. The number of rotatable bonds is 6. The summed E-state index contributed by atoms with van der Waals surface area (Å²) in [6.07, 6.45) is 0.155. The molecule has 0 aromatic heterocycles. The first-order valence-electron chi connectivity index (χ1n) is 6.23. The Hall–Kier alpha value is -2.21. The fourth-order valence-electron chi connectivity index (χ4n) is 1.80. The largest absolute Gasteiger partial charge is 0.486 e. The highest BCUT2D eigenvalue weighted by Crippen LogP contribution is 2.34. The molecule has 2 rings (SSSR count). The second-order valence-corrected chi connectivity index (χ2v) is 5.09. The summed E-state index contributed by atoms with van der Waals surface area (Å²) in [6, 6.07) is 13.4. The van der Waals surface area contributed by atoms with Crippen molar-refractivity contribution in [1.82, 2.24) is 0 Å². The van der Waals surface area contributed by atoms with Crippen molar-refractivity contribution >= 4 is 27.4 Å². The van der Waals surface area contributed by atoms with Gasteiger partial charge in [-0.05, 0) is 22.0 Å². The highest BCUT2D eigenvalue weighted by molar-refractivity contribution is 9.10. The SMILES string of the molecule is O=C(CCOc1c(Br)cccc1[N+](=O)[O-])c1ccccc1. The summed E-state index contributed by atoms with van der Waals surface area (Å²) in [5.41, 5.74) is 0.472. The monoisotopic (exact) mass is 349 g/mol. The molecule has 0 bridgehead atoms. The van der Waals surface area contributed by atoms with Crippen LogP contribution in [0, 0.1) is 10.1 Å². The Morgan fingerprint density at radius 3 is 2.52 bits per heavy atom. The number of nitrogens with zero attached hydrogens (tertiary/aromatic N) is 1. The molecular weight excluding hydrogens is 338 g/mol. The van der Waals surface area contributed by atoms with Crippen LogP contribution in [-0.4, -0.2) is 17.3 Å². The van der Waals surface area contributed by atoms with Crippen LogP contribution >= 0.6 is 15.9 Å². The van der Waals surface area contributed by atoms with E-state index in [0.29, 0.717) is 10.0 Å². The molecule has 2 aromatic carbocycles. The molecule has 0 spiro atoms. The van der Waals surface area contributed by atoms with Crippen LogP contribution in [-0.2, 0) is 0 Å². The molecule has 0 atom stereocenters. The van der Waals surface area contributed by atoms with Crippen LogP contribution < -0.4 is 4.74 Å². The summed E-state index contributed by atoms with van der Waals surface area (Å²) in [6.45, 7) is 0.0805. The van der Waals surface area contributed by atoms with E-state index in [4.69, 9.17) is 4.74 Å². The fraction of sp³-hybridized carbons (Fsp3) is 0.133. The first-order valence-corrected chi connectivity index (χ1v) is 7.03. The Morgan fingerprint density at radius 2 is 1.86 bits per heavy atom. The number of benzene rings is 2. The van der Waals surface area contributed by atoms with E-state index >= 15 is 0 Å². The second-order valence-electron chi connectivity index (χ2n) is 4.23. The van der Waals surface area contributed by atoms with Gasteiger partial charge < -0.3 is 4.74 Å². The zero-order valence-electron chi connectivity index (χ0n) is 11.0. The van der Waals surface area contributed by atoms with Gasteiger partial charge in [0, 0.05) is 18.1 Å². The van der Waals surface area contributed by atoms with Gasteiger partial charge in [-0.2, -0.15) is 0 Å². The van der Waals surface area contributed by atoms with E-state index in [9.17, 15) is 14.9 Å². The average molecular weight is 350 g/mol. The van der Waals surface area contributed by atoms with E-state index in [1.165, 1.54) is 6.07 Å². The van der Waals surface area contributed by atoms with Crippen molar-refractivity contribution in [2.75, 3.05) is 6.61 Å². The normalized spacial score (nSPS) is 10.1. The molecule has 0 radical (unpaired) electrons. The minimum absolute atomic E-state index is 0.0645. The van der Waals surface area contributed by atoms with E-state index in [-0.39, 0.29) is 30.2 Å². The van der Waals surface area contributed by atoms with Crippen LogP contribution in [0.4, 0.5) is 5.69 Å². The molecule has 0 aliphatic rings. The summed E-state index contributed by atoms with van der Waals surface area (Å²) >= 11 is 3.21. The Bertz CT molecular complexity index is 658. The number of Topliss-reactive ketones (excluding diaryl/α,β-unsaturated/α-hetero) is 1. The molecule has 5 nitrogen and oxygen atoms in total. The zero-order chi connectivity index (χ0) is 15.2. The van der Waals surface area contributed by atoms with Gasteiger partial charge in [0.05, 0.1) is 16.0 Å². The van der Waals surface area contributed by atoms with Crippen LogP contribution in [0.3, 0.4) is 0 Å². The van der Waals surface area contributed by atoms with Crippen molar-refractivity contribution in [3.63, 3.8) is 0 Å². The molecule has 0 N–H and O–H groups in total. The number of ether oxygens (including phenoxy) is 1. The van der Waals surface area contributed by atoms with Crippen LogP contribution in [0.1, 0.15) is 16.8 Å². The van der Waals surface area contributed by atoms with Crippen molar-refractivity contribution in [3.05, 3.63) is 68.7 Å². The number of ketones is 1. The maximum atomic E-state index is 11.9. The molecule has 2 aromatic rings. The third kappa shape index (κ3) is 3.88. The van der Waals surface area contributed by atoms with Gasteiger partial charge in [0.2, 0.25) is 5.75 Å². The van der Waals surface area contributed by atoms with E-state index in [0.717, 1.165) is 0 Å². The standard InChI is InChI=1S/C15H12BrNO4/c16-12-7-4-8-13(17(19)20)15(12)21-10-9-14(18)11-5-2-1-3-6-11/h1-8H,9-10H2. The number of nitro benzene ring substituents is 1. The maximum Gasteiger partial charge on any atom is 0.312 e. The lowest BCUT2D eigenvalue weighted by atomic mass is 10.1. The Kier molecular flexibility index (Phi) is 5.05. The maximum absolute atomic E-state index is 11.9. The number of carbonyl (C=O) groups is 1. The van der Waals surface area contributed by atoms with Gasteiger partial charge in [-0.15, -0.1) is 0 Å². The predicted molar refractivity (Wildman–Crippen MR) is 81.7 cm³/mol.